The fourth-order valence-corrected chi connectivity index (χ4v) is 1.64. The molecule has 2 unspecified atom stereocenters. The van der Waals surface area contributed by atoms with E-state index in [0.717, 1.165) is 12.0 Å². The number of carboxylic acid groups (broad SMARTS) is 1. The molecule has 0 bridgehead atoms. The summed E-state index contributed by atoms with van der Waals surface area (Å²) in [7, 11) is 0. The Morgan fingerprint density at radius 2 is 1.83 bits per heavy atom. The first-order valence-corrected chi connectivity index (χ1v) is 6.12. The van der Waals surface area contributed by atoms with E-state index in [9.17, 15) is 9.90 Å². The molecule has 0 heterocycles. The molecule has 0 amide bonds. The van der Waals surface area contributed by atoms with Gasteiger partial charge in [0.1, 0.15) is 12.7 Å². The summed E-state index contributed by atoms with van der Waals surface area (Å²) < 4.78 is 4.86. The van der Waals surface area contributed by atoms with Crippen molar-refractivity contribution < 1.29 is 19.7 Å². The molecular weight excluding hydrogens is 232 g/mol. The number of aliphatic hydroxyl groups excluding tert-OH is 1. The third-order valence-corrected chi connectivity index (χ3v) is 3.00. The summed E-state index contributed by atoms with van der Waals surface area (Å²) in [5.41, 5.74) is 1.98. The van der Waals surface area contributed by atoms with Crippen LogP contribution in [0.15, 0.2) is 24.3 Å². The van der Waals surface area contributed by atoms with Crippen LogP contribution < -0.4 is 0 Å². The minimum Gasteiger partial charge on any atom is -0.480 e. The summed E-state index contributed by atoms with van der Waals surface area (Å²) >= 11 is 0. The van der Waals surface area contributed by atoms with Gasteiger partial charge in [-0.2, -0.15) is 0 Å². The smallest absolute Gasteiger partial charge is 0.329 e. The molecule has 0 spiro atoms. The monoisotopic (exact) mass is 252 g/mol. The van der Waals surface area contributed by atoms with Crippen LogP contribution in [0.3, 0.4) is 0 Å². The van der Waals surface area contributed by atoms with E-state index < -0.39 is 12.1 Å². The standard InChI is InChI=1S/C14H20O4/c1-3-10(2)11-4-6-12(7-5-11)13(15)8-18-9-14(16)17/h4-7,10,13,15H,3,8-9H2,1-2H3,(H,16,17). The zero-order chi connectivity index (χ0) is 13.5. The Bertz CT molecular complexity index is 372. The molecule has 0 fully saturated rings. The largest absolute Gasteiger partial charge is 0.480 e. The third-order valence-electron chi connectivity index (χ3n) is 3.00. The van der Waals surface area contributed by atoms with E-state index in [-0.39, 0.29) is 13.2 Å². The van der Waals surface area contributed by atoms with E-state index in [1.54, 1.807) is 0 Å². The molecule has 100 valence electrons. The van der Waals surface area contributed by atoms with Crippen molar-refractivity contribution in [2.45, 2.75) is 32.3 Å². The lowest BCUT2D eigenvalue weighted by molar-refractivity contribution is -0.143. The van der Waals surface area contributed by atoms with Gasteiger partial charge in [-0.3, -0.25) is 0 Å². The summed E-state index contributed by atoms with van der Waals surface area (Å²) in [6, 6.07) is 7.69. The summed E-state index contributed by atoms with van der Waals surface area (Å²) in [5.74, 6) is -0.534. The van der Waals surface area contributed by atoms with Crippen molar-refractivity contribution in [2.24, 2.45) is 0 Å². The molecule has 0 aliphatic carbocycles. The van der Waals surface area contributed by atoms with Crippen LogP contribution >= 0.6 is 0 Å². The fraction of sp³-hybridized carbons (Fsp3) is 0.500. The molecular formula is C14H20O4. The summed E-state index contributed by atoms with van der Waals surface area (Å²) in [6.07, 6.45) is 0.291. The second kappa shape index (κ2) is 7.13. The van der Waals surface area contributed by atoms with Crippen molar-refractivity contribution in [1.82, 2.24) is 0 Å². The first kappa shape index (κ1) is 14.7. The number of rotatable bonds is 7. The number of benzene rings is 1. The molecule has 0 saturated heterocycles. The molecule has 2 N–H and O–H groups in total. The van der Waals surface area contributed by atoms with Crippen molar-refractivity contribution in [3.05, 3.63) is 35.4 Å². The highest BCUT2D eigenvalue weighted by atomic mass is 16.5. The van der Waals surface area contributed by atoms with Gasteiger partial charge in [0.2, 0.25) is 0 Å². The zero-order valence-electron chi connectivity index (χ0n) is 10.8. The number of carboxylic acids is 1. The van der Waals surface area contributed by atoms with Crippen LogP contribution in [0.1, 0.15) is 43.4 Å². The Labute approximate surface area is 107 Å². The van der Waals surface area contributed by atoms with Gasteiger partial charge < -0.3 is 14.9 Å². The summed E-state index contributed by atoms with van der Waals surface area (Å²) in [6.45, 7) is 3.89. The van der Waals surface area contributed by atoms with E-state index >= 15 is 0 Å². The van der Waals surface area contributed by atoms with Gasteiger partial charge in [-0.25, -0.2) is 4.79 Å². The second-order valence-corrected chi connectivity index (χ2v) is 4.40. The van der Waals surface area contributed by atoms with Crippen molar-refractivity contribution in [3.63, 3.8) is 0 Å². The summed E-state index contributed by atoms with van der Waals surface area (Å²) in [4.78, 5) is 10.3. The first-order chi connectivity index (χ1) is 8.54. The Hall–Kier alpha value is -1.39. The first-order valence-electron chi connectivity index (χ1n) is 6.12. The number of carbonyl (C=O) groups is 1. The predicted octanol–water partition coefficient (Wildman–Crippen LogP) is 2.33. The van der Waals surface area contributed by atoms with Crippen molar-refractivity contribution in [1.29, 1.82) is 0 Å². The Kier molecular flexibility index (Phi) is 5.82. The van der Waals surface area contributed by atoms with Gasteiger partial charge in [-0.15, -0.1) is 0 Å². The van der Waals surface area contributed by atoms with Crippen LogP contribution in [-0.2, 0) is 9.53 Å². The highest BCUT2D eigenvalue weighted by Crippen LogP contribution is 2.21. The minimum atomic E-state index is -1.03. The topological polar surface area (TPSA) is 66.8 Å². The minimum absolute atomic E-state index is 0.00498. The lowest BCUT2D eigenvalue weighted by Gasteiger charge is -2.13. The molecule has 2 atom stereocenters. The van der Waals surface area contributed by atoms with Gasteiger partial charge >= 0.3 is 5.97 Å². The van der Waals surface area contributed by atoms with E-state index in [4.69, 9.17) is 9.84 Å². The Morgan fingerprint density at radius 1 is 1.28 bits per heavy atom. The second-order valence-electron chi connectivity index (χ2n) is 4.40. The lowest BCUT2D eigenvalue weighted by atomic mass is 9.97. The highest BCUT2D eigenvalue weighted by Gasteiger charge is 2.10. The van der Waals surface area contributed by atoms with Crippen LogP contribution in [0.25, 0.3) is 0 Å². The lowest BCUT2D eigenvalue weighted by Crippen LogP contribution is -2.13. The van der Waals surface area contributed by atoms with Gasteiger partial charge in [0.05, 0.1) is 6.61 Å². The van der Waals surface area contributed by atoms with E-state index in [1.807, 2.05) is 24.3 Å². The molecule has 0 radical (unpaired) electrons. The quantitative estimate of drug-likeness (QED) is 0.781. The van der Waals surface area contributed by atoms with Crippen LogP contribution in [0.5, 0.6) is 0 Å². The third kappa shape index (κ3) is 4.47. The maximum Gasteiger partial charge on any atom is 0.329 e. The Balaban J connectivity index is 2.53. The number of ether oxygens (including phenoxy) is 1. The molecule has 4 heteroatoms. The predicted molar refractivity (Wildman–Crippen MR) is 68.6 cm³/mol. The van der Waals surface area contributed by atoms with E-state index in [0.29, 0.717) is 5.92 Å². The number of hydrogen-bond donors (Lipinski definition) is 2. The van der Waals surface area contributed by atoms with E-state index in [1.165, 1.54) is 5.56 Å². The van der Waals surface area contributed by atoms with Gasteiger partial charge in [0, 0.05) is 0 Å². The highest BCUT2D eigenvalue weighted by molar-refractivity contribution is 5.67. The molecule has 4 nitrogen and oxygen atoms in total. The van der Waals surface area contributed by atoms with Crippen molar-refractivity contribution >= 4 is 5.97 Å². The number of hydrogen-bond acceptors (Lipinski definition) is 3. The van der Waals surface area contributed by atoms with Crippen molar-refractivity contribution in [3.8, 4) is 0 Å². The van der Waals surface area contributed by atoms with E-state index in [2.05, 4.69) is 13.8 Å². The van der Waals surface area contributed by atoms with Gasteiger partial charge in [0.25, 0.3) is 0 Å². The molecule has 0 saturated carbocycles. The normalized spacial score (nSPS) is 14.2. The molecule has 0 aromatic heterocycles. The van der Waals surface area contributed by atoms with Gasteiger partial charge in [0.15, 0.2) is 0 Å². The maximum atomic E-state index is 10.3. The molecule has 18 heavy (non-hydrogen) atoms. The molecule has 0 aliphatic rings. The molecule has 1 aromatic rings. The zero-order valence-corrected chi connectivity index (χ0v) is 10.8. The average molecular weight is 252 g/mol. The molecule has 1 aromatic carbocycles. The van der Waals surface area contributed by atoms with Crippen molar-refractivity contribution in [2.75, 3.05) is 13.2 Å². The average Bonchev–Trinajstić information content (AvgIpc) is 2.37. The van der Waals surface area contributed by atoms with Crippen LogP contribution in [0, 0.1) is 0 Å². The van der Waals surface area contributed by atoms with Gasteiger partial charge in [-0.05, 0) is 23.5 Å². The SMILES string of the molecule is CCC(C)c1ccc(C(O)COCC(=O)O)cc1. The molecule has 0 aliphatic heterocycles. The summed E-state index contributed by atoms with van der Waals surface area (Å²) in [5, 5.41) is 18.2. The van der Waals surface area contributed by atoms with Crippen LogP contribution in [0.4, 0.5) is 0 Å². The Morgan fingerprint density at radius 3 is 2.33 bits per heavy atom. The maximum absolute atomic E-state index is 10.3. The number of aliphatic hydroxyl groups is 1. The fourth-order valence-electron chi connectivity index (χ4n) is 1.64. The van der Waals surface area contributed by atoms with Gasteiger partial charge in [-0.1, -0.05) is 38.1 Å². The number of aliphatic carboxylic acids is 1. The van der Waals surface area contributed by atoms with Crippen LogP contribution in [0.2, 0.25) is 0 Å². The van der Waals surface area contributed by atoms with Crippen LogP contribution in [-0.4, -0.2) is 29.4 Å². The molecule has 1 rings (SSSR count).